The van der Waals surface area contributed by atoms with Gasteiger partial charge in [0.2, 0.25) is 17.5 Å². The van der Waals surface area contributed by atoms with Crippen LogP contribution in [0.4, 0.5) is 0 Å². The lowest BCUT2D eigenvalue weighted by Crippen LogP contribution is -2.05. The maximum Gasteiger partial charge on any atom is 0.240 e. The van der Waals surface area contributed by atoms with E-state index in [0.717, 1.165) is 0 Å². The van der Waals surface area contributed by atoms with Gasteiger partial charge < -0.3 is 14.9 Å². The molecule has 3 N–H and O–H groups in total. The molecule has 13 nitrogen and oxygen atoms in total. The minimum absolute atomic E-state index is 0. The van der Waals surface area contributed by atoms with Crippen molar-refractivity contribution in [2.45, 2.75) is 27.2 Å². The van der Waals surface area contributed by atoms with Crippen LogP contribution in [-0.4, -0.2) is 76.3 Å². The van der Waals surface area contributed by atoms with E-state index in [0.29, 0.717) is 31.1 Å². The van der Waals surface area contributed by atoms with Gasteiger partial charge in [-0.25, -0.2) is 19.9 Å². The van der Waals surface area contributed by atoms with Crippen LogP contribution in [0.1, 0.15) is 32.4 Å². The summed E-state index contributed by atoms with van der Waals surface area (Å²) in [5.41, 5.74) is 0. The second kappa shape index (κ2) is 20.2. The van der Waals surface area contributed by atoms with Gasteiger partial charge in [0.1, 0.15) is 6.07 Å². The molecule has 0 amide bonds. The first kappa shape index (κ1) is 31.5. The third-order valence-electron chi connectivity index (χ3n) is 2.94. The zero-order valence-electron chi connectivity index (χ0n) is 17.2. The number of ether oxygens (including phenoxy) is 1. The highest BCUT2D eigenvalue weighted by Crippen LogP contribution is 2.03. The number of nitriles is 1. The van der Waals surface area contributed by atoms with Crippen molar-refractivity contribution in [3.8, 4) is 17.7 Å². The smallest absolute Gasteiger partial charge is 0.240 e. The van der Waals surface area contributed by atoms with E-state index in [2.05, 4.69) is 40.3 Å². The third-order valence-corrected chi connectivity index (χ3v) is 2.94. The van der Waals surface area contributed by atoms with E-state index in [1.54, 1.807) is 30.6 Å². The molecule has 3 aromatic rings. The molecule has 3 rings (SSSR count). The standard InChI is InChI=1S/C8H8N6O.C5H3N3.C5H11NO2.CH4.ClH/c15-5-2-6-11-13-8(14-12-6)7-9-3-1-4-10-7;6-4-5-7-2-1-3-8-5;1-2-8-5(6)3-4-7;;/h1,3-4,15H,2,5H2;1-3H;6-7H,2-4H2,1H3;1H4;1H. The van der Waals surface area contributed by atoms with E-state index in [9.17, 15) is 0 Å². The van der Waals surface area contributed by atoms with Crippen LogP contribution < -0.4 is 0 Å². The molecule has 0 unspecified atom stereocenters. The molecule has 0 atom stereocenters. The highest BCUT2D eigenvalue weighted by molar-refractivity contribution is 5.85. The fraction of sp³-hybridized carbons (Fsp3) is 0.368. The number of hydrogen-bond donors (Lipinski definition) is 3. The van der Waals surface area contributed by atoms with Crippen molar-refractivity contribution in [2.24, 2.45) is 0 Å². The topological polar surface area (TPSA) is 200 Å². The van der Waals surface area contributed by atoms with E-state index in [1.165, 1.54) is 12.4 Å². The molecular weight excluding hydrogens is 452 g/mol. The second-order valence-corrected chi connectivity index (χ2v) is 5.20. The van der Waals surface area contributed by atoms with Gasteiger partial charge in [0.25, 0.3) is 0 Å². The Kier molecular flexibility index (Phi) is 19.2. The summed E-state index contributed by atoms with van der Waals surface area (Å²) >= 11 is 0. The van der Waals surface area contributed by atoms with Gasteiger partial charge in [-0.3, -0.25) is 5.41 Å². The monoisotopic (exact) mass is 478 g/mol. The number of aliphatic hydroxyl groups excluding tert-OH is 2. The fourth-order valence-electron chi connectivity index (χ4n) is 1.66. The number of aromatic nitrogens is 8. The van der Waals surface area contributed by atoms with Crippen molar-refractivity contribution in [2.75, 3.05) is 19.8 Å². The van der Waals surface area contributed by atoms with Crippen molar-refractivity contribution in [1.29, 1.82) is 10.7 Å². The molecule has 14 heteroatoms. The quantitative estimate of drug-likeness (QED) is 0.336. The highest BCUT2D eigenvalue weighted by Gasteiger charge is 2.05. The van der Waals surface area contributed by atoms with E-state index < -0.39 is 0 Å². The van der Waals surface area contributed by atoms with Crippen molar-refractivity contribution in [3.63, 3.8) is 0 Å². The first-order valence-corrected chi connectivity index (χ1v) is 9.07. The number of nitrogens with zero attached hydrogens (tertiary/aromatic N) is 9. The Balaban J connectivity index is 0. The summed E-state index contributed by atoms with van der Waals surface area (Å²) in [4.78, 5) is 15.2. The van der Waals surface area contributed by atoms with Gasteiger partial charge in [0, 0.05) is 37.6 Å². The Morgan fingerprint density at radius 1 is 0.939 bits per heavy atom. The van der Waals surface area contributed by atoms with E-state index in [-0.39, 0.29) is 50.6 Å². The molecule has 0 radical (unpaired) electrons. The molecular formula is C19H27ClN10O3. The zero-order valence-corrected chi connectivity index (χ0v) is 18.1. The van der Waals surface area contributed by atoms with Gasteiger partial charge in [0.05, 0.1) is 19.8 Å². The van der Waals surface area contributed by atoms with Gasteiger partial charge in [-0.1, -0.05) is 7.43 Å². The lowest BCUT2D eigenvalue weighted by atomic mass is 10.4. The van der Waals surface area contributed by atoms with Crippen LogP contribution in [0.15, 0.2) is 36.9 Å². The molecule has 0 bridgehead atoms. The van der Waals surface area contributed by atoms with Crippen molar-refractivity contribution in [3.05, 3.63) is 48.6 Å². The summed E-state index contributed by atoms with van der Waals surface area (Å²) in [7, 11) is 0. The predicted octanol–water partition coefficient (Wildman–Crippen LogP) is 1.05. The predicted molar refractivity (Wildman–Crippen MR) is 121 cm³/mol. The highest BCUT2D eigenvalue weighted by atomic mass is 35.5. The van der Waals surface area contributed by atoms with Crippen LogP contribution in [0, 0.1) is 16.7 Å². The fourth-order valence-corrected chi connectivity index (χ4v) is 1.66. The average molecular weight is 479 g/mol. The second-order valence-electron chi connectivity index (χ2n) is 5.20. The summed E-state index contributed by atoms with van der Waals surface area (Å²) in [5.74, 6) is 1.44. The molecule has 0 aliphatic carbocycles. The minimum atomic E-state index is -0.0233. The first-order chi connectivity index (χ1) is 15.1. The van der Waals surface area contributed by atoms with E-state index in [1.807, 2.05) is 6.92 Å². The SMILES string of the molecule is C.CCOC(=N)CCO.Cl.N#Cc1ncccn1.OCCc1nnc(-c2ncccn2)nn1. The Hall–Kier alpha value is -3.73. The number of aliphatic hydroxyl groups is 2. The molecule has 0 spiro atoms. The van der Waals surface area contributed by atoms with Gasteiger partial charge in [-0.2, -0.15) is 5.26 Å². The maximum atomic E-state index is 8.65. The van der Waals surface area contributed by atoms with Crippen LogP contribution >= 0.6 is 12.4 Å². The first-order valence-electron chi connectivity index (χ1n) is 9.07. The Morgan fingerprint density at radius 3 is 1.91 bits per heavy atom. The Morgan fingerprint density at radius 2 is 1.48 bits per heavy atom. The number of rotatable bonds is 6. The lowest BCUT2D eigenvalue weighted by Gasteiger charge is -1.99. The normalized spacial score (nSPS) is 8.67. The van der Waals surface area contributed by atoms with Crippen LogP contribution in [0.5, 0.6) is 0 Å². The minimum Gasteiger partial charge on any atom is -0.481 e. The van der Waals surface area contributed by atoms with Crippen molar-refractivity contribution in [1.82, 2.24) is 40.3 Å². The molecule has 0 aliphatic rings. The molecule has 3 aromatic heterocycles. The molecule has 0 aromatic carbocycles. The van der Waals surface area contributed by atoms with Gasteiger partial charge in [-0.15, -0.1) is 32.8 Å². The molecule has 178 valence electrons. The van der Waals surface area contributed by atoms with Crippen LogP contribution in [0.25, 0.3) is 11.6 Å². The third kappa shape index (κ3) is 14.0. The van der Waals surface area contributed by atoms with Crippen LogP contribution in [0.2, 0.25) is 0 Å². The lowest BCUT2D eigenvalue weighted by molar-refractivity contribution is 0.271. The average Bonchev–Trinajstić information content (AvgIpc) is 2.82. The maximum absolute atomic E-state index is 8.65. The number of nitrogens with one attached hydrogen (secondary N) is 1. The summed E-state index contributed by atoms with van der Waals surface area (Å²) < 4.78 is 4.71. The summed E-state index contributed by atoms with van der Waals surface area (Å²) in [5, 5.41) is 47.1. The van der Waals surface area contributed by atoms with Gasteiger partial charge >= 0.3 is 0 Å². The zero-order chi connectivity index (χ0) is 22.7. The van der Waals surface area contributed by atoms with Crippen LogP contribution in [0.3, 0.4) is 0 Å². The number of halogens is 1. The molecule has 33 heavy (non-hydrogen) atoms. The van der Waals surface area contributed by atoms with Crippen molar-refractivity contribution < 1.29 is 14.9 Å². The summed E-state index contributed by atoms with van der Waals surface area (Å²) in [6, 6.07) is 5.17. The van der Waals surface area contributed by atoms with Crippen LogP contribution in [-0.2, 0) is 11.2 Å². The molecule has 0 aliphatic heterocycles. The Labute approximate surface area is 197 Å². The summed E-state index contributed by atoms with van der Waals surface area (Å²) in [6.07, 6.45) is 6.92. The number of hydrogen-bond acceptors (Lipinski definition) is 13. The van der Waals surface area contributed by atoms with Gasteiger partial charge in [0.15, 0.2) is 11.7 Å². The molecule has 0 fully saturated rings. The largest absolute Gasteiger partial charge is 0.481 e. The Bertz CT molecular complexity index is 905. The van der Waals surface area contributed by atoms with E-state index >= 15 is 0 Å². The molecule has 0 saturated carbocycles. The van der Waals surface area contributed by atoms with Gasteiger partial charge in [-0.05, 0) is 19.1 Å². The summed E-state index contributed by atoms with van der Waals surface area (Å²) in [6.45, 7) is 2.30. The molecule has 0 saturated heterocycles. The van der Waals surface area contributed by atoms with Crippen molar-refractivity contribution >= 4 is 18.3 Å². The molecule has 3 heterocycles. The van der Waals surface area contributed by atoms with E-state index in [4.69, 9.17) is 25.6 Å².